The van der Waals surface area contributed by atoms with E-state index in [9.17, 15) is 4.79 Å². The van der Waals surface area contributed by atoms with E-state index in [2.05, 4.69) is 28.7 Å². The van der Waals surface area contributed by atoms with Crippen LogP contribution in [0.5, 0.6) is 5.88 Å². The number of ether oxygens (including phenoxy) is 1. The molecule has 1 aliphatic rings. The molecule has 0 bridgehead atoms. The summed E-state index contributed by atoms with van der Waals surface area (Å²) in [5, 5.41) is 0. The standard InChI is InChI=1S/C17H28N4O2/c1-4-6-11-20(5-2)16(22)14-8-12-21(13-9-14)17-18-10-7-15(19-17)23-3/h7,10,14H,4-6,8-9,11-13H2,1-3H3. The van der Waals surface area contributed by atoms with Crippen molar-refractivity contribution in [3.05, 3.63) is 12.3 Å². The lowest BCUT2D eigenvalue weighted by Crippen LogP contribution is -2.43. The first-order valence-electron chi connectivity index (χ1n) is 8.60. The van der Waals surface area contributed by atoms with Crippen LogP contribution < -0.4 is 9.64 Å². The highest BCUT2D eigenvalue weighted by molar-refractivity contribution is 5.79. The third-order valence-electron chi connectivity index (χ3n) is 4.43. The van der Waals surface area contributed by atoms with E-state index >= 15 is 0 Å². The number of aromatic nitrogens is 2. The molecule has 6 nitrogen and oxygen atoms in total. The lowest BCUT2D eigenvalue weighted by Gasteiger charge is -2.34. The predicted octanol–water partition coefficient (Wildman–Crippen LogP) is 2.35. The van der Waals surface area contributed by atoms with Crippen molar-refractivity contribution in [3.8, 4) is 5.88 Å². The predicted molar refractivity (Wildman–Crippen MR) is 90.7 cm³/mol. The fourth-order valence-corrected chi connectivity index (χ4v) is 2.96. The maximum Gasteiger partial charge on any atom is 0.228 e. The van der Waals surface area contributed by atoms with E-state index in [1.54, 1.807) is 19.4 Å². The summed E-state index contributed by atoms with van der Waals surface area (Å²) in [5.74, 6) is 1.71. The Bertz CT molecular complexity index is 501. The summed E-state index contributed by atoms with van der Waals surface area (Å²) < 4.78 is 5.15. The topological polar surface area (TPSA) is 58.6 Å². The highest BCUT2D eigenvalue weighted by Crippen LogP contribution is 2.23. The second-order valence-corrected chi connectivity index (χ2v) is 5.93. The summed E-state index contributed by atoms with van der Waals surface area (Å²) >= 11 is 0. The van der Waals surface area contributed by atoms with Gasteiger partial charge >= 0.3 is 0 Å². The van der Waals surface area contributed by atoms with Gasteiger partial charge in [-0.05, 0) is 26.2 Å². The Morgan fingerprint density at radius 3 is 2.74 bits per heavy atom. The van der Waals surface area contributed by atoms with Gasteiger partial charge in [-0.25, -0.2) is 4.98 Å². The summed E-state index contributed by atoms with van der Waals surface area (Å²) in [7, 11) is 1.60. The van der Waals surface area contributed by atoms with Gasteiger partial charge < -0.3 is 14.5 Å². The molecule has 1 saturated heterocycles. The van der Waals surface area contributed by atoms with Crippen LogP contribution in [0.25, 0.3) is 0 Å². The van der Waals surface area contributed by atoms with Crippen LogP contribution >= 0.6 is 0 Å². The molecule has 1 amide bonds. The van der Waals surface area contributed by atoms with Gasteiger partial charge in [-0.15, -0.1) is 0 Å². The molecule has 0 radical (unpaired) electrons. The van der Waals surface area contributed by atoms with Gasteiger partial charge in [0, 0.05) is 44.4 Å². The van der Waals surface area contributed by atoms with Gasteiger partial charge in [-0.3, -0.25) is 4.79 Å². The molecular weight excluding hydrogens is 292 g/mol. The van der Waals surface area contributed by atoms with Crippen LogP contribution in [0.4, 0.5) is 5.95 Å². The Hall–Kier alpha value is -1.85. The molecule has 0 unspecified atom stereocenters. The van der Waals surface area contributed by atoms with Crippen LogP contribution in [0, 0.1) is 5.92 Å². The van der Waals surface area contributed by atoms with Gasteiger partial charge in [0.25, 0.3) is 0 Å². The van der Waals surface area contributed by atoms with Crippen LogP contribution in [-0.2, 0) is 4.79 Å². The molecule has 0 aromatic carbocycles. The van der Waals surface area contributed by atoms with E-state index in [4.69, 9.17) is 4.74 Å². The van der Waals surface area contributed by atoms with Crippen LogP contribution in [0.3, 0.4) is 0 Å². The minimum atomic E-state index is 0.133. The number of carbonyl (C=O) groups is 1. The van der Waals surface area contributed by atoms with Crippen LogP contribution in [-0.4, -0.2) is 54.1 Å². The van der Waals surface area contributed by atoms with Gasteiger partial charge in [-0.2, -0.15) is 4.98 Å². The number of piperidine rings is 1. The van der Waals surface area contributed by atoms with Crippen LogP contribution in [0.15, 0.2) is 12.3 Å². The van der Waals surface area contributed by atoms with Gasteiger partial charge in [0.05, 0.1) is 7.11 Å². The number of hydrogen-bond donors (Lipinski definition) is 0. The summed E-state index contributed by atoms with van der Waals surface area (Å²) in [4.78, 5) is 25.5. The van der Waals surface area contributed by atoms with E-state index in [-0.39, 0.29) is 5.92 Å². The molecule has 23 heavy (non-hydrogen) atoms. The number of carbonyl (C=O) groups excluding carboxylic acids is 1. The Labute approximate surface area is 138 Å². The minimum Gasteiger partial charge on any atom is -0.481 e. The highest BCUT2D eigenvalue weighted by atomic mass is 16.5. The van der Waals surface area contributed by atoms with E-state index < -0.39 is 0 Å². The first-order valence-corrected chi connectivity index (χ1v) is 8.60. The Kier molecular flexibility index (Phi) is 6.62. The second kappa shape index (κ2) is 8.70. The molecule has 2 heterocycles. The molecule has 1 aromatic rings. The summed E-state index contributed by atoms with van der Waals surface area (Å²) in [6.45, 7) is 7.53. The molecule has 0 spiro atoms. The summed E-state index contributed by atoms with van der Waals surface area (Å²) in [5.41, 5.74) is 0. The minimum absolute atomic E-state index is 0.133. The molecule has 0 atom stereocenters. The molecule has 0 N–H and O–H groups in total. The highest BCUT2D eigenvalue weighted by Gasteiger charge is 2.28. The van der Waals surface area contributed by atoms with Crippen molar-refractivity contribution in [1.29, 1.82) is 0 Å². The summed E-state index contributed by atoms with van der Waals surface area (Å²) in [6, 6.07) is 1.74. The van der Waals surface area contributed by atoms with Gasteiger partial charge in [0.2, 0.25) is 17.7 Å². The van der Waals surface area contributed by atoms with E-state index in [0.29, 0.717) is 17.7 Å². The quantitative estimate of drug-likeness (QED) is 0.772. The number of amides is 1. The molecule has 1 fully saturated rings. The summed E-state index contributed by atoms with van der Waals surface area (Å²) in [6.07, 6.45) is 5.64. The third-order valence-corrected chi connectivity index (χ3v) is 4.43. The molecule has 1 aromatic heterocycles. The number of anilines is 1. The van der Waals surface area contributed by atoms with Gasteiger partial charge in [0.15, 0.2) is 0 Å². The maximum absolute atomic E-state index is 12.6. The average Bonchev–Trinajstić information content (AvgIpc) is 2.62. The van der Waals surface area contributed by atoms with E-state index in [0.717, 1.165) is 51.9 Å². The van der Waals surface area contributed by atoms with Crippen molar-refractivity contribution < 1.29 is 9.53 Å². The van der Waals surface area contributed by atoms with E-state index in [1.807, 2.05) is 4.90 Å². The fraction of sp³-hybridized carbons (Fsp3) is 0.706. The van der Waals surface area contributed by atoms with Crippen molar-refractivity contribution in [2.75, 3.05) is 38.2 Å². The largest absolute Gasteiger partial charge is 0.481 e. The zero-order valence-corrected chi connectivity index (χ0v) is 14.5. The molecule has 128 valence electrons. The lowest BCUT2D eigenvalue weighted by molar-refractivity contribution is -0.136. The van der Waals surface area contributed by atoms with Crippen molar-refractivity contribution in [1.82, 2.24) is 14.9 Å². The van der Waals surface area contributed by atoms with E-state index in [1.165, 1.54) is 0 Å². The van der Waals surface area contributed by atoms with Crippen LogP contribution in [0.2, 0.25) is 0 Å². The van der Waals surface area contributed by atoms with Crippen molar-refractivity contribution in [2.24, 2.45) is 5.92 Å². The van der Waals surface area contributed by atoms with Crippen molar-refractivity contribution in [2.45, 2.75) is 39.5 Å². The maximum atomic E-state index is 12.6. The molecule has 6 heteroatoms. The number of unbranched alkanes of at least 4 members (excludes halogenated alkanes) is 1. The third kappa shape index (κ3) is 4.56. The zero-order valence-electron chi connectivity index (χ0n) is 14.5. The number of hydrogen-bond acceptors (Lipinski definition) is 5. The smallest absolute Gasteiger partial charge is 0.228 e. The van der Waals surface area contributed by atoms with Crippen LogP contribution in [0.1, 0.15) is 39.5 Å². The number of methoxy groups -OCH3 is 1. The first kappa shape index (κ1) is 17.5. The van der Waals surface area contributed by atoms with Gasteiger partial charge in [-0.1, -0.05) is 13.3 Å². The SMILES string of the molecule is CCCCN(CC)C(=O)C1CCN(c2nccc(OC)n2)CC1. The monoisotopic (exact) mass is 320 g/mol. The zero-order chi connectivity index (χ0) is 16.7. The Morgan fingerprint density at radius 2 is 2.13 bits per heavy atom. The first-order chi connectivity index (χ1) is 11.2. The lowest BCUT2D eigenvalue weighted by atomic mass is 9.95. The van der Waals surface area contributed by atoms with Gasteiger partial charge in [0.1, 0.15) is 0 Å². The molecule has 2 rings (SSSR count). The Morgan fingerprint density at radius 1 is 1.39 bits per heavy atom. The normalized spacial score (nSPS) is 15.5. The number of nitrogens with zero attached hydrogens (tertiary/aromatic N) is 4. The van der Waals surface area contributed by atoms with Crippen molar-refractivity contribution in [3.63, 3.8) is 0 Å². The fourth-order valence-electron chi connectivity index (χ4n) is 2.96. The average molecular weight is 320 g/mol. The molecule has 0 saturated carbocycles. The van der Waals surface area contributed by atoms with Crippen molar-refractivity contribution >= 4 is 11.9 Å². The molecular formula is C17H28N4O2. The second-order valence-electron chi connectivity index (χ2n) is 5.93. The Balaban J connectivity index is 1.90. The molecule has 0 aliphatic carbocycles. The molecule has 1 aliphatic heterocycles. The number of rotatable bonds is 7.